The van der Waals surface area contributed by atoms with Gasteiger partial charge in [-0.15, -0.1) is 0 Å². The van der Waals surface area contributed by atoms with Crippen molar-refractivity contribution in [1.82, 2.24) is 0 Å². The minimum atomic E-state index is -4.06. The van der Waals surface area contributed by atoms with Gasteiger partial charge in [0.25, 0.3) is 0 Å². The lowest BCUT2D eigenvalue weighted by atomic mass is 9.43. The van der Waals surface area contributed by atoms with Gasteiger partial charge in [0.15, 0.2) is 0 Å². The van der Waals surface area contributed by atoms with Gasteiger partial charge in [0.2, 0.25) is 0 Å². The molecule has 33 heavy (non-hydrogen) atoms. The fourth-order valence-corrected chi connectivity index (χ4v) is 10.0. The molecule has 4 aliphatic rings. The van der Waals surface area contributed by atoms with Gasteiger partial charge < -0.3 is 5.11 Å². The monoisotopic (exact) mass is 470 g/mol. The standard InChI is InChI=1S/C29H49F3O/c1-7-28(33)15-14-26(5)21(17-28)10-11-22-23(26)12-13-27(6)24(16-19(3)25(22)27)18(2)8-9-20(4)29(30,31)32/h18-25,33H,7-17H2,1-6H3/t18-,19+,20-,21+,22-,23?,24-,25+,26+,27-,28+/m1/s1. The van der Waals surface area contributed by atoms with Crippen LogP contribution in [0.2, 0.25) is 0 Å². The third-order valence-corrected chi connectivity index (χ3v) is 12.2. The second kappa shape index (κ2) is 8.70. The highest BCUT2D eigenvalue weighted by Gasteiger charge is 2.63. The molecule has 4 aliphatic carbocycles. The molecule has 1 N–H and O–H groups in total. The Balaban J connectivity index is 1.49. The third kappa shape index (κ3) is 4.31. The highest BCUT2D eigenvalue weighted by molar-refractivity contribution is 5.12. The first kappa shape index (κ1) is 25.8. The van der Waals surface area contributed by atoms with Gasteiger partial charge in [-0.2, -0.15) is 13.2 Å². The fraction of sp³-hybridized carbons (Fsp3) is 1.00. The molecule has 1 unspecified atom stereocenters. The summed E-state index contributed by atoms with van der Waals surface area (Å²) in [6, 6.07) is 0. The molecule has 0 heterocycles. The summed E-state index contributed by atoms with van der Waals surface area (Å²) in [7, 11) is 0. The van der Waals surface area contributed by atoms with E-state index in [0.29, 0.717) is 41.4 Å². The Morgan fingerprint density at radius 3 is 2.30 bits per heavy atom. The molecule has 0 spiro atoms. The van der Waals surface area contributed by atoms with Crippen LogP contribution in [-0.2, 0) is 0 Å². The van der Waals surface area contributed by atoms with Crippen LogP contribution in [0, 0.1) is 58.2 Å². The van der Waals surface area contributed by atoms with E-state index in [2.05, 4.69) is 34.6 Å². The average molecular weight is 471 g/mol. The van der Waals surface area contributed by atoms with Crippen LogP contribution in [0.25, 0.3) is 0 Å². The minimum Gasteiger partial charge on any atom is -0.390 e. The van der Waals surface area contributed by atoms with Gasteiger partial charge in [0.05, 0.1) is 11.5 Å². The zero-order valence-corrected chi connectivity index (χ0v) is 22.0. The van der Waals surface area contributed by atoms with E-state index in [1.54, 1.807) is 0 Å². The first-order chi connectivity index (χ1) is 15.2. The lowest BCUT2D eigenvalue weighted by Crippen LogP contribution is -2.56. The molecule has 0 amide bonds. The number of halogens is 3. The van der Waals surface area contributed by atoms with Crippen LogP contribution in [0.5, 0.6) is 0 Å². The number of fused-ring (bicyclic) bond motifs is 5. The fourth-order valence-electron chi connectivity index (χ4n) is 10.0. The molecule has 0 saturated heterocycles. The van der Waals surface area contributed by atoms with E-state index in [1.165, 1.54) is 39.0 Å². The summed E-state index contributed by atoms with van der Waals surface area (Å²) in [6.07, 6.45) is 7.14. The van der Waals surface area contributed by atoms with Gasteiger partial charge in [0, 0.05) is 0 Å². The van der Waals surface area contributed by atoms with Crippen LogP contribution in [0.1, 0.15) is 112 Å². The van der Waals surface area contributed by atoms with E-state index in [1.807, 2.05) is 0 Å². The summed E-state index contributed by atoms with van der Waals surface area (Å²) in [5, 5.41) is 11.0. The quantitative estimate of drug-likeness (QED) is 0.426. The van der Waals surface area contributed by atoms with Crippen LogP contribution >= 0.6 is 0 Å². The Morgan fingerprint density at radius 1 is 0.970 bits per heavy atom. The van der Waals surface area contributed by atoms with Crippen LogP contribution in [0.15, 0.2) is 0 Å². The van der Waals surface area contributed by atoms with Gasteiger partial charge in [-0.3, -0.25) is 0 Å². The van der Waals surface area contributed by atoms with Crippen molar-refractivity contribution < 1.29 is 18.3 Å². The van der Waals surface area contributed by atoms with Gasteiger partial charge in [-0.1, -0.05) is 41.5 Å². The van der Waals surface area contributed by atoms with Crippen molar-refractivity contribution in [2.45, 2.75) is 124 Å². The highest BCUT2D eigenvalue weighted by atomic mass is 19.4. The summed E-state index contributed by atoms with van der Waals surface area (Å²) in [5.74, 6) is 3.29. The molecule has 11 atom stereocenters. The van der Waals surface area contributed by atoms with E-state index < -0.39 is 17.7 Å². The minimum absolute atomic E-state index is 0.266. The molecule has 4 heteroatoms. The molecule has 0 bridgehead atoms. The zero-order chi connectivity index (χ0) is 24.4. The SMILES string of the molecule is CC[C@]1(O)CC[C@]2(C)C3CC[C@@]4(C)[C@H]([C@@H]3CC[C@H]2C1)[C@@H](C)C[C@@H]4[C@H](C)CC[C@@H](C)C(F)(F)F. The van der Waals surface area contributed by atoms with E-state index in [-0.39, 0.29) is 11.8 Å². The van der Waals surface area contributed by atoms with Gasteiger partial charge >= 0.3 is 6.18 Å². The van der Waals surface area contributed by atoms with Crippen molar-refractivity contribution >= 4 is 0 Å². The molecule has 0 aromatic rings. The number of hydrogen-bond donors (Lipinski definition) is 1. The maximum atomic E-state index is 13.1. The predicted octanol–water partition coefficient (Wildman–Crippen LogP) is 8.65. The third-order valence-electron chi connectivity index (χ3n) is 12.2. The van der Waals surface area contributed by atoms with Crippen LogP contribution in [0.3, 0.4) is 0 Å². The van der Waals surface area contributed by atoms with Gasteiger partial charge in [-0.05, 0) is 123 Å². The molecule has 192 valence electrons. The molecule has 0 aromatic heterocycles. The highest BCUT2D eigenvalue weighted by Crippen LogP contribution is 2.70. The summed E-state index contributed by atoms with van der Waals surface area (Å²) < 4.78 is 39.3. The molecular formula is C29H49F3O. The second-order valence-electron chi connectivity index (χ2n) is 13.7. The Morgan fingerprint density at radius 2 is 1.67 bits per heavy atom. The van der Waals surface area contributed by atoms with Gasteiger partial charge in [-0.25, -0.2) is 0 Å². The lowest BCUT2D eigenvalue weighted by Gasteiger charge is -2.62. The van der Waals surface area contributed by atoms with E-state index in [9.17, 15) is 18.3 Å². The van der Waals surface area contributed by atoms with Crippen molar-refractivity contribution in [2.75, 3.05) is 0 Å². The second-order valence-corrected chi connectivity index (χ2v) is 13.7. The first-order valence-corrected chi connectivity index (χ1v) is 14.0. The Bertz CT molecular complexity index is 705. The molecule has 0 aromatic carbocycles. The summed E-state index contributed by atoms with van der Waals surface area (Å²) in [5.41, 5.74) is 0.190. The van der Waals surface area contributed by atoms with Crippen LogP contribution in [-0.4, -0.2) is 16.9 Å². The lowest BCUT2D eigenvalue weighted by molar-refractivity contribution is -0.172. The largest absolute Gasteiger partial charge is 0.391 e. The number of rotatable bonds is 5. The van der Waals surface area contributed by atoms with Crippen LogP contribution in [0.4, 0.5) is 13.2 Å². The van der Waals surface area contributed by atoms with Crippen molar-refractivity contribution in [3.05, 3.63) is 0 Å². The summed E-state index contributed by atoms with van der Waals surface area (Å²) in [4.78, 5) is 0. The summed E-state index contributed by atoms with van der Waals surface area (Å²) >= 11 is 0. The number of hydrogen-bond acceptors (Lipinski definition) is 1. The molecule has 4 fully saturated rings. The Hall–Kier alpha value is -0.250. The van der Waals surface area contributed by atoms with Crippen molar-refractivity contribution in [2.24, 2.45) is 58.2 Å². The normalized spacial score (nSPS) is 49.6. The van der Waals surface area contributed by atoms with E-state index in [4.69, 9.17) is 0 Å². The predicted molar refractivity (Wildman–Crippen MR) is 129 cm³/mol. The van der Waals surface area contributed by atoms with Crippen molar-refractivity contribution in [3.63, 3.8) is 0 Å². The van der Waals surface area contributed by atoms with Crippen molar-refractivity contribution in [1.29, 1.82) is 0 Å². The van der Waals surface area contributed by atoms with Crippen LogP contribution < -0.4 is 0 Å². The maximum absolute atomic E-state index is 13.1. The molecule has 0 aliphatic heterocycles. The first-order valence-electron chi connectivity index (χ1n) is 14.0. The molecule has 4 rings (SSSR count). The molecule has 0 radical (unpaired) electrons. The average Bonchev–Trinajstić information content (AvgIpc) is 3.02. The van der Waals surface area contributed by atoms with E-state index in [0.717, 1.165) is 37.5 Å². The number of aliphatic hydroxyl groups is 1. The Labute approximate surface area is 200 Å². The molecule has 4 saturated carbocycles. The maximum Gasteiger partial charge on any atom is 0.391 e. The smallest absolute Gasteiger partial charge is 0.390 e. The van der Waals surface area contributed by atoms with Gasteiger partial charge in [0.1, 0.15) is 0 Å². The zero-order valence-electron chi connectivity index (χ0n) is 22.0. The topological polar surface area (TPSA) is 20.2 Å². The van der Waals surface area contributed by atoms with Crippen molar-refractivity contribution in [3.8, 4) is 0 Å². The molecule has 1 nitrogen and oxygen atoms in total. The Kier molecular flexibility index (Phi) is 6.81. The number of alkyl halides is 3. The van der Waals surface area contributed by atoms with E-state index >= 15 is 0 Å². The summed E-state index contributed by atoms with van der Waals surface area (Å²) in [6.45, 7) is 13.2. The molecular weight excluding hydrogens is 421 g/mol.